The van der Waals surface area contributed by atoms with Crippen molar-refractivity contribution in [1.82, 2.24) is 4.98 Å². The van der Waals surface area contributed by atoms with Crippen LogP contribution in [0.2, 0.25) is 5.02 Å². The maximum absolute atomic E-state index is 11.0. The normalized spacial score (nSPS) is 10.4. The number of nitro groups is 1. The van der Waals surface area contributed by atoms with Gasteiger partial charge in [0.2, 0.25) is 0 Å². The fourth-order valence-electron chi connectivity index (χ4n) is 1.62. The molecule has 1 aromatic heterocycles. The van der Waals surface area contributed by atoms with Gasteiger partial charge in [0.15, 0.2) is 0 Å². The summed E-state index contributed by atoms with van der Waals surface area (Å²) in [6.45, 7) is 2.74. The molecule has 7 heteroatoms. The van der Waals surface area contributed by atoms with Crippen LogP contribution in [0.3, 0.4) is 0 Å². The van der Waals surface area contributed by atoms with Crippen LogP contribution in [-0.2, 0) is 0 Å². The predicted octanol–water partition coefficient (Wildman–Crippen LogP) is 4.62. The topological polar surface area (TPSA) is 68.1 Å². The lowest BCUT2D eigenvalue weighted by molar-refractivity contribution is -0.385. The van der Waals surface area contributed by atoms with E-state index in [0.29, 0.717) is 15.9 Å². The molecule has 0 aliphatic heterocycles. The summed E-state index contributed by atoms with van der Waals surface area (Å²) in [4.78, 5) is 15.9. The van der Waals surface area contributed by atoms with E-state index in [1.165, 1.54) is 23.9 Å². The van der Waals surface area contributed by atoms with Crippen LogP contribution in [0.1, 0.15) is 13.3 Å². The van der Waals surface area contributed by atoms with Crippen LogP contribution in [-0.4, -0.2) is 16.5 Å². The van der Waals surface area contributed by atoms with Gasteiger partial charge in [0, 0.05) is 22.5 Å². The van der Waals surface area contributed by atoms with Crippen LogP contribution in [0.15, 0.2) is 46.3 Å². The van der Waals surface area contributed by atoms with E-state index < -0.39 is 4.92 Å². The number of pyridine rings is 1. The molecule has 0 saturated carbocycles. The van der Waals surface area contributed by atoms with Crippen molar-refractivity contribution < 1.29 is 4.92 Å². The molecule has 2 aromatic rings. The third kappa shape index (κ3) is 4.61. The second-order valence-corrected chi connectivity index (χ2v) is 5.82. The lowest BCUT2D eigenvalue weighted by Crippen LogP contribution is -2.03. The molecule has 0 spiro atoms. The van der Waals surface area contributed by atoms with E-state index in [1.807, 2.05) is 19.1 Å². The number of aromatic nitrogens is 1. The number of hydrogen-bond acceptors (Lipinski definition) is 5. The molecule has 2 rings (SSSR count). The molecule has 1 N–H and O–H groups in total. The molecule has 0 fully saturated rings. The Morgan fingerprint density at radius 3 is 2.67 bits per heavy atom. The summed E-state index contributed by atoms with van der Waals surface area (Å²) in [6.07, 6.45) is 0.921. The largest absolute Gasteiger partial charge is 0.370 e. The van der Waals surface area contributed by atoms with Crippen LogP contribution < -0.4 is 5.32 Å². The lowest BCUT2D eigenvalue weighted by Gasteiger charge is -2.07. The zero-order valence-electron chi connectivity index (χ0n) is 11.4. The summed E-state index contributed by atoms with van der Waals surface area (Å²) < 4.78 is 0. The van der Waals surface area contributed by atoms with Crippen molar-refractivity contribution >= 4 is 34.9 Å². The average molecular weight is 324 g/mol. The second kappa shape index (κ2) is 7.28. The van der Waals surface area contributed by atoms with Crippen molar-refractivity contribution in [3.63, 3.8) is 0 Å². The predicted molar refractivity (Wildman–Crippen MR) is 85.2 cm³/mol. The summed E-state index contributed by atoms with van der Waals surface area (Å²) in [5.74, 6) is 0.516. The first-order valence-corrected chi connectivity index (χ1v) is 7.61. The molecule has 0 aliphatic rings. The molecule has 5 nitrogen and oxygen atoms in total. The Morgan fingerprint density at radius 1 is 1.33 bits per heavy atom. The first kappa shape index (κ1) is 15.6. The van der Waals surface area contributed by atoms with Crippen molar-refractivity contribution in [1.29, 1.82) is 0 Å². The van der Waals surface area contributed by atoms with Crippen molar-refractivity contribution in [3.8, 4) is 0 Å². The number of rotatable bonds is 6. The fraction of sp³-hybridized carbons (Fsp3) is 0.214. The van der Waals surface area contributed by atoms with Gasteiger partial charge in [0.05, 0.1) is 11.0 Å². The molecular weight excluding hydrogens is 310 g/mol. The minimum atomic E-state index is -0.412. The maximum Gasteiger partial charge on any atom is 0.275 e. The molecule has 0 atom stereocenters. The highest BCUT2D eigenvalue weighted by Crippen LogP contribution is 2.31. The molecule has 0 unspecified atom stereocenters. The molecule has 0 saturated heterocycles. The number of hydrogen-bond donors (Lipinski definition) is 1. The molecule has 0 aliphatic carbocycles. The zero-order valence-corrected chi connectivity index (χ0v) is 12.9. The summed E-state index contributed by atoms with van der Waals surface area (Å²) in [5.41, 5.74) is 0.0278. The molecular formula is C14H14ClN3O2S. The van der Waals surface area contributed by atoms with Gasteiger partial charge in [-0.2, -0.15) is 0 Å². The van der Waals surface area contributed by atoms with E-state index in [2.05, 4.69) is 10.3 Å². The van der Waals surface area contributed by atoms with Crippen LogP contribution in [0.25, 0.3) is 0 Å². The van der Waals surface area contributed by atoms with Gasteiger partial charge in [-0.3, -0.25) is 10.1 Å². The Hall–Kier alpha value is -1.79. The van der Waals surface area contributed by atoms with Gasteiger partial charge in [0.1, 0.15) is 10.8 Å². The van der Waals surface area contributed by atoms with E-state index in [0.717, 1.165) is 17.9 Å². The number of anilines is 1. The molecule has 110 valence electrons. The summed E-state index contributed by atoms with van der Waals surface area (Å²) in [7, 11) is 0. The zero-order chi connectivity index (χ0) is 15.2. The monoisotopic (exact) mass is 323 g/mol. The number of nitrogens with one attached hydrogen (secondary N) is 1. The molecule has 21 heavy (non-hydrogen) atoms. The number of benzene rings is 1. The van der Waals surface area contributed by atoms with E-state index in [1.54, 1.807) is 12.1 Å². The Bertz CT molecular complexity index is 635. The summed E-state index contributed by atoms with van der Waals surface area (Å²) in [5, 5.41) is 15.3. The standard InChI is InChI=1S/C14H14ClN3O2S/c1-2-7-16-13-8-11(18(19)20)9-14(17-13)21-12-5-3-10(15)4-6-12/h3-6,8-9H,2,7H2,1H3,(H,16,17). The Balaban J connectivity index is 2.26. The minimum Gasteiger partial charge on any atom is -0.370 e. The highest BCUT2D eigenvalue weighted by molar-refractivity contribution is 7.99. The third-order valence-corrected chi connectivity index (χ3v) is 3.77. The first-order valence-electron chi connectivity index (χ1n) is 6.42. The first-order chi connectivity index (χ1) is 10.1. The SMILES string of the molecule is CCCNc1cc([N+](=O)[O-])cc(Sc2ccc(Cl)cc2)n1. The third-order valence-electron chi connectivity index (χ3n) is 2.59. The van der Waals surface area contributed by atoms with E-state index in [9.17, 15) is 10.1 Å². The van der Waals surface area contributed by atoms with Gasteiger partial charge in [0.25, 0.3) is 5.69 Å². The van der Waals surface area contributed by atoms with Crippen LogP contribution >= 0.6 is 23.4 Å². The smallest absolute Gasteiger partial charge is 0.275 e. The average Bonchev–Trinajstić information content (AvgIpc) is 2.47. The van der Waals surface area contributed by atoms with Crippen molar-refractivity contribution in [2.24, 2.45) is 0 Å². The quantitative estimate of drug-likeness (QED) is 0.620. The number of nitrogens with zero attached hydrogens (tertiary/aromatic N) is 2. The molecule has 1 aromatic carbocycles. The van der Waals surface area contributed by atoms with Crippen molar-refractivity contribution in [2.75, 3.05) is 11.9 Å². The van der Waals surface area contributed by atoms with E-state index in [-0.39, 0.29) is 5.69 Å². The van der Waals surface area contributed by atoms with Gasteiger partial charge >= 0.3 is 0 Å². The summed E-state index contributed by atoms with van der Waals surface area (Å²) in [6, 6.07) is 10.2. The summed E-state index contributed by atoms with van der Waals surface area (Å²) >= 11 is 7.20. The van der Waals surface area contributed by atoms with E-state index >= 15 is 0 Å². The fourth-order valence-corrected chi connectivity index (χ4v) is 2.58. The highest BCUT2D eigenvalue weighted by Gasteiger charge is 2.12. The lowest BCUT2D eigenvalue weighted by atomic mass is 10.4. The number of halogens is 1. The minimum absolute atomic E-state index is 0.0278. The van der Waals surface area contributed by atoms with Gasteiger partial charge in [-0.15, -0.1) is 0 Å². The van der Waals surface area contributed by atoms with E-state index in [4.69, 9.17) is 11.6 Å². The van der Waals surface area contributed by atoms with Gasteiger partial charge in [-0.25, -0.2) is 4.98 Å². The van der Waals surface area contributed by atoms with Crippen LogP contribution in [0.4, 0.5) is 11.5 Å². The Kier molecular flexibility index (Phi) is 5.41. The Labute approximate surface area is 131 Å². The Morgan fingerprint density at radius 2 is 2.05 bits per heavy atom. The van der Waals surface area contributed by atoms with Crippen LogP contribution in [0.5, 0.6) is 0 Å². The maximum atomic E-state index is 11.0. The molecule has 0 bridgehead atoms. The van der Waals surface area contributed by atoms with Crippen LogP contribution in [0, 0.1) is 10.1 Å². The molecule has 0 amide bonds. The van der Waals surface area contributed by atoms with Crippen molar-refractivity contribution in [3.05, 3.63) is 51.5 Å². The van der Waals surface area contributed by atoms with Crippen molar-refractivity contribution in [2.45, 2.75) is 23.3 Å². The van der Waals surface area contributed by atoms with Gasteiger partial charge < -0.3 is 5.32 Å². The molecule has 0 radical (unpaired) electrons. The molecule has 1 heterocycles. The van der Waals surface area contributed by atoms with Gasteiger partial charge in [-0.05, 0) is 30.7 Å². The van der Waals surface area contributed by atoms with Gasteiger partial charge in [-0.1, -0.05) is 30.3 Å². The second-order valence-electron chi connectivity index (χ2n) is 4.29. The highest BCUT2D eigenvalue weighted by atomic mass is 35.5.